The standard InChI is InChI=1S/C28H40N6O2/c1-32(2)15-9-14-29-28-30-24-19-26(36-5)25(35-4)18-23(24)27(31-28)33(3)22-12-16-34(17-13-22)20-21-10-7-6-8-11-21/h6-8,10-11,18-19,22H,9,12-17,20H2,1-5H3,(H,29,30,31). The Morgan fingerprint density at radius 3 is 2.33 bits per heavy atom. The molecule has 1 aliphatic rings. The number of likely N-dealkylation sites (tertiary alicyclic amines) is 1. The highest BCUT2D eigenvalue weighted by atomic mass is 16.5. The van der Waals surface area contributed by atoms with E-state index >= 15 is 0 Å². The van der Waals surface area contributed by atoms with Gasteiger partial charge in [-0.15, -0.1) is 0 Å². The highest BCUT2D eigenvalue weighted by Crippen LogP contribution is 2.36. The fourth-order valence-corrected chi connectivity index (χ4v) is 4.86. The molecule has 3 aromatic rings. The van der Waals surface area contributed by atoms with Gasteiger partial charge < -0.3 is 24.6 Å². The van der Waals surface area contributed by atoms with Crippen LogP contribution in [0.2, 0.25) is 0 Å². The summed E-state index contributed by atoms with van der Waals surface area (Å²) >= 11 is 0. The van der Waals surface area contributed by atoms with Crippen LogP contribution in [0.25, 0.3) is 10.9 Å². The van der Waals surface area contributed by atoms with E-state index in [0.717, 1.165) is 68.7 Å². The van der Waals surface area contributed by atoms with Gasteiger partial charge in [0.15, 0.2) is 11.5 Å². The predicted octanol–water partition coefficient (Wildman–Crippen LogP) is 4.11. The number of ether oxygens (including phenoxy) is 2. The lowest BCUT2D eigenvalue weighted by atomic mass is 10.0. The average molecular weight is 493 g/mol. The number of aromatic nitrogens is 2. The van der Waals surface area contributed by atoms with Crippen LogP contribution in [0.4, 0.5) is 11.8 Å². The minimum absolute atomic E-state index is 0.407. The Hall–Kier alpha value is -3.10. The zero-order chi connectivity index (χ0) is 25.5. The van der Waals surface area contributed by atoms with Gasteiger partial charge in [-0.05, 0) is 51.5 Å². The van der Waals surface area contributed by atoms with Crippen LogP contribution in [-0.4, -0.2) is 87.4 Å². The Labute approximate surface area is 215 Å². The highest BCUT2D eigenvalue weighted by molar-refractivity contribution is 5.93. The molecule has 2 heterocycles. The molecule has 1 fully saturated rings. The highest BCUT2D eigenvalue weighted by Gasteiger charge is 2.26. The van der Waals surface area contributed by atoms with E-state index in [1.807, 2.05) is 12.1 Å². The molecule has 1 N–H and O–H groups in total. The van der Waals surface area contributed by atoms with Gasteiger partial charge >= 0.3 is 0 Å². The molecular formula is C28H40N6O2. The zero-order valence-corrected chi connectivity index (χ0v) is 22.3. The van der Waals surface area contributed by atoms with Crippen LogP contribution in [0.3, 0.4) is 0 Å². The molecule has 1 aromatic heterocycles. The Bertz CT molecular complexity index is 1120. The van der Waals surface area contributed by atoms with Gasteiger partial charge in [0.25, 0.3) is 0 Å². The molecule has 36 heavy (non-hydrogen) atoms. The SMILES string of the molecule is COc1cc2nc(NCCCN(C)C)nc(N(C)C3CCN(Cc4ccccc4)CC3)c2cc1OC. The van der Waals surface area contributed by atoms with E-state index in [9.17, 15) is 0 Å². The summed E-state index contributed by atoms with van der Waals surface area (Å²) in [6.07, 6.45) is 3.20. The number of anilines is 2. The molecule has 0 radical (unpaired) electrons. The minimum Gasteiger partial charge on any atom is -0.493 e. The van der Waals surface area contributed by atoms with Crippen LogP contribution in [0.15, 0.2) is 42.5 Å². The predicted molar refractivity (Wildman–Crippen MR) is 147 cm³/mol. The molecule has 1 aliphatic heterocycles. The first-order chi connectivity index (χ1) is 17.5. The Kier molecular flexibility index (Phi) is 8.83. The van der Waals surface area contributed by atoms with Gasteiger partial charge in [-0.25, -0.2) is 4.98 Å². The van der Waals surface area contributed by atoms with Gasteiger partial charge in [0.2, 0.25) is 5.95 Å². The summed E-state index contributed by atoms with van der Waals surface area (Å²) in [6.45, 7) is 4.98. The van der Waals surface area contributed by atoms with Crippen molar-refractivity contribution in [1.82, 2.24) is 19.8 Å². The quantitative estimate of drug-likeness (QED) is 0.401. The van der Waals surface area contributed by atoms with Crippen molar-refractivity contribution in [3.8, 4) is 11.5 Å². The third kappa shape index (κ3) is 6.36. The molecule has 0 aliphatic carbocycles. The van der Waals surface area contributed by atoms with Crippen molar-refractivity contribution in [1.29, 1.82) is 0 Å². The van der Waals surface area contributed by atoms with Gasteiger partial charge in [0.1, 0.15) is 5.82 Å². The lowest BCUT2D eigenvalue weighted by molar-refractivity contribution is 0.203. The average Bonchev–Trinajstić information content (AvgIpc) is 2.90. The van der Waals surface area contributed by atoms with Crippen LogP contribution in [0.5, 0.6) is 11.5 Å². The minimum atomic E-state index is 0.407. The summed E-state index contributed by atoms with van der Waals surface area (Å²) in [4.78, 5) is 16.9. The lowest BCUT2D eigenvalue weighted by Gasteiger charge is -2.37. The van der Waals surface area contributed by atoms with E-state index in [4.69, 9.17) is 19.4 Å². The molecule has 0 amide bonds. The summed E-state index contributed by atoms with van der Waals surface area (Å²) in [5.74, 6) is 2.94. The van der Waals surface area contributed by atoms with Crippen molar-refractivity contribution in [3.05, 3.63) is 48.0 Å². The largest absolute Gasteiger partial charge is 0.493 e. The third-order valence-corrected chi connectivity index (χ3v) is 6.93. The van der Waals surface area contributed by atoms with Crippen molar-refractivity contribution in [2.75, 3.05) is 71.8 Å². The van der Waals surface area contributed by atoms with Crippen molar-refractivity contribution in [2.24, 2.45) is 0 Å². The number of rotatable bonds is 11. The van der Waals surface area contributed by atoms with E-state index in [2.05, 4.69) is 71.5 Å². The zero-order valence-electron chi connectivity index (χ0n) is 22.3. The van der Waals surface area contributed by atoms with E-state index in [0.29, 0.717) is 23.5 Å². The summed E-state index contributed by atoms with van der Waals surface area (Å²) in [5, 5.41) is 4.41. The van der Waals surface area contributed by atoms with Gasteiger partial charge in [0.05, 0.1) is 19.7 Å². The summed E-state index contributed by atoms with van der Waals surface area (Å²) in [7, 11) is 9.65. The molecule has 194 valence electrons. The van der Waals surface area contributed by atoms with Gasteiger partial charge in [0, 0.05) is 50.7 Å². The molecule has 2 aromatic carbocycles. The number of piperidine rings is 1. The molecule has 0 bridgehead atoms. The molecular weight excluding hydrogens is 452 g/mol. The van der Waals surface area contributed by atoms with Crippen molar-refractivity contribution >= 4 is 22.7 Å². The summed E-state index contributed by atoms with van der Waals surface area (Å²) < 4.78 is 11.2. The number of nitrogens with one attached hydrogen (secondary N) is 1. The van der Waals surface area contributed by atoms with E-state index in [1.165, 1.54) is 5.56 Å². The summed E-state index contributed by atoms with van der Waals surface area (Å²) in [6, 6.07) is 15.1. The second kappa shape index (κ2) is 12.2. The van der Waals surface area contributed by atoms with E-state index in [1.54, 1.807) is 14.2 Å². The number of fused-ring (bicyclic) bond motifs is 1. The van der Waals surface area contributed by atoms with Gasteiger partial charge in [-0.3, -0.25) is 4.90 Å². The Balaban J connectivity index is 1.54. The molecule has 0 spiro atoms. The first-order valence-electron chi connectivity index (χ1n) is 12.8. The Morgan fingerprint density at radius 2 is 1.67 bits per heavy atom. The Morgan fingerprint density at radius 1 is 0.972 bits per heavy atom. The van der Waals surface area contributed by atoms with Crippen molar-refractivity contribution < 1.29 is 9.47 Å². The smallest absolute Gasteiger partial charge is 0.225 e. The molecule has 0 saturated carbocycles. The second-order valence-corrected chi connectivity index (χ2v) is 9.78. The maximum Gasteiger partial charge on any atom is 0.225 e. The first kappa shape index (κ1) is 26.0. The van der Waals surface area contributed by atoms with E-state index in [-0.39, 0.29) is 0 Å². The van der Waals surface area contributed by atoms with Crippen molar-refractivity contribution in [2.45, 2.75) is 31.8 Å². The lowest BCUT2D eigenvalue weighted by Crippen LogP contribution is -2.43. The summed E-state index contributed by atoms with van der Waals surface area (Å²) in [5.41, 5.74) is 2.22. The van der Waals surface area contributed by atoms with Crippen LogP contribution >= 0.6 is 0 Å². The molecule has 8 heteroatoms. The number of hydrogen-bond donors (Lipinski definition) is 1. The fourth-order valence-electron chi connectivity index (χ4n) is 4.86. The number of methoxy groups -OCH3 is 2. The van der Waals surface area contributed by atoms with E-state index < -0.39 is 0 Å². The molecule has 0 atom stereocenters. The molecule has 0 unspecified atom stereocenters. The number of hydrogen-bond acceptors (Lipinski definition) is 8. The van der Waals surface area contributed by atoms with Crippen LogP contribution < -0.4 is 19.7 Å². The second-order valence-electron chi connectivity index (χ2n) is 9.78. The van der Waals surface area contributed by atoms with Gasteiger partial charge in [-0.1, -0.05) is 30.3 Å². The maximum absolute atomic E-state index is 5.60. The third-order valence-electron chi connectivity index (χ3n) is 6.93. The monoisotopic (exact) mass is 492 g/mol. The van der Waals surface area contributed by atoms with Crippen LogP contribution in [-0.2, 0) is 6.54 Å². The maximum atomic E-state index is 5.60. The molecule has 4 rings (SSSR count). The van der Waals surface area contributed by atoms with Crippen molar-refractivity contribution in [3.63, 3.8) is 0 Å². The fraction of sp³-hybridized carbons (Fsp3) is 0.500. The van der Waals surface area contributed by atoms with Gasteiger partial charge in [-0.2, -0.15) is 4.98 Å². The number of nitrogens with zero attached hydrogens (tertiary/aromatic N) is 5. The topological polar surface area (TPSA) is 66.0 Å². The van der Waals surface area contributed by atoms with Crippen LogP contribution in [0.1, 0.15) is 24.8 Å². The molecule has 1 saturated heterocycles. The number of benzene rings is 2. The van der Waals surface area contributed by atoms with Crippen LogP contribution in [0, 0.1) is 0 Å². The first-order valence-corrected chi connectivity index (χ1v) is 12.8. The molecule has 8 nitrogen and oxygen atoms in total. The normalized spacial score (nSPS) is 14.8.